The summed E-state index contributed by atoms with van der Waals surface area (Å²) < 4.78 is 6.54. The minimum atomic E-state index is -0.119. The van der Waals surface area contributed by atoms with Crippen molar-refractivity contribution in [2.45, 2.75) is 6.42 Å². The molecule has 0 saturated carbocycles. The summed E-state index contributed by atoms with van der Waals surface area (Å²) in [6.07, 6.45) is 0.825. The Kier molecular flexibility index (Phi) is 6.41. The average molecular weight is 454 g/mol. The van der Waals surface area contributed by atoms with Crippen LogP contribution < -0.4 is 9.64 Å². The minimum Gasteiger partial charge on any atom is -0.496 e. The van der Waals surface area contributed by atoms with Crippen molar-refractivity contribution in [1.29, 1.82) is 0 Å². The zero-order chi connectivity index (χ0) is 22.0. The van der Waals surface area contributed by atoms with Crippen molar-refractivity contribution in [3.8, 4) is 5.75 Å². The van der Waals surface area contributed by atoms with Gasteiger partial charge >= 0.3 is 0 Å². The fraction of sp³-hybridized carbons (Fsp3) is 0.250. The Morgan fingerprint density at radius 1 is 1.06 bits per heavy atom. The van der Waals surface area contributed by atoms with E-state index in [1.807, 2.05) is 68.7 Å². The number of nitrogens with zero attached hydrogens (tertiary/aromatic N) is 3. The van der Waals surface area contributed by atoms with Crippen LogP contribution in [0.1, 0.15) is 16.8 Å². The van der Waals surface area contributed by atoms with Crippen LogP contribution in [0.3, 0.4) is 0 Å². The third-order valence-corrected chi connectivity index (χ3v) is 6.38. The molecule has 0 unspecified atom stereocenters. The lowest BCUT2D eigenvalue weighted by molar-refractivity contribution is 0.0983. The fourth-order valence-corrected chi connectivity index (χ4v) is 4.80. The molecule has 3 aromatic carbocycles. The summed E-state index contributed by atoms with van der Waals surface area (Å²) in [5.41, 5.74) is 1.36. The van der Waals surface area contributed by atoms with Gasteiger partial charge in [-0.2, -0.15) is 0 Å². The normalized spacial score (nSPS) is 11.4. The number of rotatable bonds is 7. The molecular formula is C24H24ClN3O2S. The van der Waals surface area contributed by atoms with E-state index >= 15 is 0 Å². The molecule has 4 aromatic rings. The minimum absolute atomic E-state index is 0.119. The SMILES string of the molecule is COc1cc2ccccc2cc1C(=O)N(CCCN(C)C)c1nc2ccc(Cl)cc2s1. The van der Waals surface area contributed by atoms with E-state index in [1.165, 1.54) is 11.3 Å². The standard InChI is InChI=1S/C24H24ClN3O2S/c1-27(2)11-6-12-28(24-26-20-10-9-18(25)15-22(20)31-24)23(29)19-13-16-7-4-5-8-17(16)14-21(19)30-3/h4-5,7-10,13-15H,6,11-12H2,1-3H3. The van der Waals surface area contributed by atoms with E-state index < -0.39 is 0 Å². The lowest BCUT2D eigenvalue weighted by Gasteiger charge is -2.22. The molecule has 0 N–H and O–H groups in total. The first-order valence-electron chi connectivity index (χ1n) is 10.1. The van der Waals surface area contributed by atoms with E-state index in [2.05, 4.69) is 4.90 Å². The Balaban J connectivity index is 1.76. The smallest absolute Gasteiger partial charge is 0.263 e. The molecule has 7 heteroatoms. The lowest BCUT2D eigenvalue weighted by atomic mass is 10.0. The fourth-order valence-electron chi connectivity index (χ4n) is 3.53. The van der Waals surface area contributed by atoms with E-state index in [1.54, 1.807) is 12.0 Å². The second kappa shape index (κ2) is 9.22. The van der Waals surface area contributed by atoms with Crippen molar-refractivity contribution in [2.75, 3.05) is 39.2 Å². The van der Waals surface area contributed by atoms with Crippen LogP contribution in [0.5, 0.6) is 5.75 Å². The van der Waals surface area contributed by atoms with Crippen LogP contribution in [0.15, 0.2) is 54.6 Å². The van der Waals surface area contributed by atoms with Gasteiger partial charge in [-0.05, 0) is 68.2 Å². The Bertz CT molecular complexity index is 1240. The highest BCUT2D eigenvalue weighted by atomic mass is 35.5. The highest BCUT2D eigenvalue weighted by Crippen LogP contribution is 2.34. The monoisotopic (exact) mass is 453 g/mol. The molecule has 1 aromatic heterocycles. The maximum atomic E-state index is 13.8. The van der Waals surface area contributed by atoms with Gasteiger partial charge in [0.15, 0.2) is 5.13 Å². The van der Waals surface area contributed by atoms with Crippen molar-refractivity contribution in [3.05, 3.63) is 65.2 Å². The van der Waals surface area contributed by atoms with Crippen LogP contribution in [-0.2, 0) is 0 Å². The van der Waals surface area contributed by atoms with Crippen molar-refractivity contribution in [1.82, 2.24) is 9.88 Å². The first kappa shape index (κ1) is 21.6. The zero-order valence-electron chi connectivity index (χ0n) is 17.8. The molecule has 1 heterocycles. The molecule has 0 bridgehead atoms. The first-order chi connectivity index (χ1) is 15.0. The van der Waals surface area contributed by atoms with Crippen molar-refractivity contribution in [3.63, 3.8) is 0 Å². The third-order valence-electron chi connectivity index (χ3n) is 5.10. The Morgan fingerprint density at radius 2 is 1.81 bits per heavy atom. The molecule has 0 spiro atoms. The van der Waals surface area contributed by atoms with Gasteiger partial charge in [-0.3, -0.25) is 9.69 Å². The van der Waals surface area contributed by atoms with E-state index in [0.29, 0.717) is 28.0 Å². The Hall–Kier alpha value is -2.67. The Morgan fingerprint density at radius 3 is 2.52 bits per heavy atom. The second-order valence-corrected chi connectivity index (χ2v) is 9.07. The summed E-state index contributed by atoms with van der Waals surface area (Å²) in [7, 11) is 5.65. The van der Waals surface area contributed by atoms with Gasteiger partial charge in [0.1, 0.15) is 5.75 Å². The highest BCUT2D eigenvalue weighted by molar-refractivity contribution is 7.22. The third kappa shape index (κ3) is 4.66. The number of benzene rings is 3. The largest absolute Gasteiger partial charge is 0.496 e. The summed E-state index contributed by atoms with van der Waals surface area (Å²) >= 11 is 7.63. The number of methoxy groups -OCH3 is 1. The Labute approximate surface area is 190 Å². The number of halogens is 1. The quantitative estimate of drug-likeness (QED) is 0.359. The van der Waals surface area contributed by atoms with Gasteiger partial charge in [0, 0.05) is 11.6 Å². The summed E-state index contributed by atoms with van der Waals surface area (Å²) in [4.78, 5) is 22.4. The number of anilines is 1. The van der Waals surface area contributed by atoms with Gasteiger partial charge in [-0.25, -0.2) is 4.98 Å². The van der Waals surface area contributed by atoms with Crippen LogP contribution in [0, 0.1) is 0 Å². The highest BCUT2D eigenvalue weighted by Gasteiger charge is 2.24. The molecule has 4 rings (SSSR count). The van der Waals surface area contributed by atoms with Crippen LogP contribution in [-0.4, -0.2) is 50.1 Å². The molecular weight excluding hydrogens is 430 g/mol. The molecule has 0 saturated heterocycles. The van der Waals surface area contributed by atoms with Crippen LogP contribution >= 0.6 is 22.9 Å². The van der Waals surface area contributed by atoms with E-state index in [-0.39, 0.29) is 5.91 Å². The molecule has 0 aliphatic rings. The van der Waals surface area contributed by atoms with Gasteiger partial charge in [0.2, 0.25) is 0 Å². The van der Waals surface area contributed by atoms with Crippen molar-refractivity contribution >= 4 is 55.0 Å². The molecule has 0 radical (unpaired) electrons. The second-order valence-electron chi connectivity index (χ2n) is 7.62. The summed E-state index contributed by atoms with van der Waals surface area (Å²) in [6, 6.07) is 17.4. The molecule has 1 amide bonds. The summed E-state index contributed by atoms with van der Waals surface area (Å²) in [5.74, 6) is 0.442. The number of thiazole rings is 1. The van der Waals surface area contributed by atoms with E-state index in [9.17, 15) is 4.79 Å². The number of aromatic nitrogens is 1. The molecule has 160 valence electrons. The van der Waals surface area contributed by atoms with Crippen molar-refractivity contribution < 1.29 is 9.53 Å². The van der Waals surface area contributed by atoms with Crippen molar-refractivity contribution in [2.24, 2.45) is 0 Å². The molecule has 0 aliphatic heterocycles. The molecule has 0 atom stereocenters. The average Bonchev–Trinajstić information content (AvgIpc) is 3.17. The van der Waals surface area contributed by atoms with Gasteiger partial charge in [-0.15, -0.1) is 0 Å². The number of hydrogen-bond donors (Lipinski definition) is 0. The molecule has 0 aliphatic carbocycles. The predicted octanol–water partition coefficient (Wildman–Crippen LogP) is 5.71. The number of carbonyl (C=O) groups excluding carboxylic acids is 1. The first-order valence-corrected chi connectivity index (χ1v) is 11.2. The van der Waals surface area contributed by atoms with Gasteiger partial charge < -0.3 is 9.64 Å². The number of fused-ring (bicyclic) bond motifs is 2. The van der Waals surface area contributed by atoms with E-state index in [0.717, 1.165) is 34.0 Å². The van der Waals surface area contributed by atoms with Crippen LogP contribution in [0.2, 0.25) is 5.02 Å². The van der Waals surface area contributed by atoms with Gasteiger partial charge in [-0.1, -0.05) is 47.2 Å². The number of ether oxygens (including phenoxy) is 1. The number of amides is 1. The van der Waals surface area contributed by atoms with Gasteiger partial charge in [0.25, 0.3) is 5.91 Å². The van der Waals surface area contributed by atoms with E-state index in [4.69, 9.17) is 21.3 Å². The van der Waals surface area contributed by atoms with Crippen LogP contribution in [0.25, 0.3) is 21.0 Å². The predicted molar refractivity (Wildman–Crippen MR) is 130 cm³/mol. The molecule has 0 fully saturated rings. The number of hydrogen-bond acceptors (Lipinski definition) is 5. The molecule has 31 heavy (non-hydrogen) atoms. The number of carbonyl (C=O) groups is 1. The maximum absolute atomic E-state index is 13.8. The van der Waals surface area contributed by atoms with Gasteiger partial charge in [0.05, 0.1) is 22.9 Å². The molecule has 5 nitrogen and oxygen atoms in total. The van der Waals surface area contributed by atoms with Crippen LogP contribution in [0.4, 0.5) is 5.13 Å². The summed E-state index contributed by atoms with van der Waals surface area (Å²) in [6.45, 7) is 1.43. The lowest BCUT2D eigenvalue weighted by Crippen LogP contribution is -2.33. The topological polar surface area (TPSA) is 45.7 Å². The zero-order valence-corrected chi connectivity index (χ0v) is 19.3. The summed E-state index contributed by atoms with van der Waals surface area (Å²) in [5, 5.41) is 3.35. The maximum Gasteiger partial charge on any atom is 0.263 e.